The van der Waals surface area contributed by atoms with Crippen LogP contribution < -0.4 is 10.6 Å². The lowest BCUT2D eigenvalue weighted by Gasteiger charge is -2.19. The first kappa shape index (κ1) is 18.0. The van der Waals surface area contributed by atoms with Gasteiger partial charge in [0.1, 0.15) is 0 Å². The van der Waals surface area contributed by atoms with Gasteiger partial charge in [-0.2, -0.15) is 0 Å². The van der Waals surface area contributed by atoms with Crippen LogP contribution >= 0.6 is 0 Å². The van der Waals surface area contributed by atoms with Crippen LogP contribution in [0.15, 0.2) is 48.5 Å². The number of carbonyl (C=O) groups excluding carboxylic acids is 1. The molecule has 0 heterocycles. The summed E-state index contributed by atoms with van der Waals surface area (Å²) >= 11 is 0. The number of hydrogen-bond acceptors (Lipinski definition) is 3. The van der Waals surface area contributed by atoms with E-state index in [1.165, 1.54) is 0 Å². The Morgan fingerprint density at radius 2 is 1.88 bits per heavy atom. The SMILES string of the molecule is Cc1ccc([C@H](CNC(=O)Nc2cccc(C)c2)OCCO)cc1. The summed E-state index contributed by atoms with van der Waals surface area (Å²) in [5, 5.41) is 14.6. The number of nitrogens with one attached hydrogen (secondary N) is 2. The molecule has 2 aromatic rings. The monoisotopic (exact) mass is 328 g/mol. The van der Waals surface area contributed by atoms with Crippen molar-refractivity contribution in [3.63, 3.8) is 0 Å². The van der Waals surface area contributed by atoms with Gasteiger partial charge in [0.2, 0.25) is 0 Å². The van der Waals surface area contributed by atoms with E-state index < -0.39 is 0 Å². The summed E-state index contributed by atoms with van der Waals surface area (Å²) in [6, 6.07) is 15.3. The molecule has 2 rings (SSSR count). The number of aliphatic hydroxyl groups excluding tert-OH is 1. The van der Waals surface area contributed by atoms with E-state index in [9.17, 15) is 4.79 Å². The highest BCUT2D eigenvalue weighted by molar-refractivity contribution is 5.89. The molecule has 0 fully saturated rings. The maximum Gasteiger partial charge on any atom is 0.319 e. The Kier molecular flexibility index (Phi) is 6.78. The first-order chi connectivity index (χ1) is 11.6. The molecular formula is C19H24N2O3. The molecular weight excluding hydrogens is 304 g/mol. The van der Waals surface area contributed by atoms with Crippen molar-refractivity contribution in [2.75, 3.05) is 25.1 Å². The van der Waals surface area contributed by atoms with Gasteiger partial charge in [0.05, 0.1) is 19.3 Å². The fourth-order valence-corrected chi connectivity index (χ4v) is 2.33. The number of amides is 2. The van der Waals surface area contributed by atoms with Crippen LogP contribution in [-0.4, -0.2) is 30.9 Å². The highest BCUT2D eigenvalue weighted by Gasteiger charge is 2.13. The van der Waals surface area contributed by atoms with Gasteiger partial charge in [0.25, 0.3) is 0 Å². The van der Waals surface area contributed by atoms with E-state index in [0.29, 0.717) is 6.54 Å². The molecule has 0 bridgehead atoms. The normalized spacial score (nSPS) is 11.8. The first-order valence-corrected chi connectivity index (χ1v) is 7.99. The second kappa shape index (κ2) is 9.05. The number of carbonyl (C=O) groups is 1. The van der Waals surface area contributed by atoms with Crippen molar-refractivity contribution in [2.45, 2.75) is 20.0 Å². The molecule has 2 amide bonds. The molecule has 0 saturated carbocycles. The predicted molar refractivity (Wildman–Crippen MR) is 95.2 cm³/mol. The molecule has 0 unspecified atom stereocenters. The molecule has 3 N–H and O–H groups in total. The van der Waals surface area contributed by atoms with Crippen LogP contribution in [0, 0.1) is 13.8 Å². The van der Waals surface area contributed by atoms with E-state index in [1.807, 2.05) is 62.4 Å². The van der Waals surface area contributed by atoms with Gasteiger partial charge in [-0.25, -0.2) is 4.79 Å². The first-order valence-electron chi connectivity index (χ1n) is 7.99. The van der Waals surface area contributed by atoms with Crippen molar-refractivity contribution in [3.8, 4) is 0 Å². The van der Waals surface area contributed by atoms with Crippen LogP contribution in [0.3, 0.4) is 0 Å². The van der Waals surface area contributed by atoms with E-state index in [2.05, 4.69) is 10.6 Å². The number of benzene rings is 2. The summed E-state index contributed by atoms with van der Waals surface area (Å²) in [5.74, 6) is 0. The van der Waals surface area contributed by atoms with Gasteiger partial charge in [-0.05, 0) is 37.1 Å². The molecule has 128 valence electrons. The summed E-state index contributed by atoms with van der Waals surface area (Å²) in [7, 11) is 0. The molecule has 0 aliphatic rings. The number of aliphatic hydroxyl groups is 1. The highest BCUT2D eigenvalue weighted by atomic mass is 16.5. The van der Waals surface area contributed by atoms with Gasteiger partial charge in [-0.15, -0.1) is 0 Å². The summed E-state index contributed by atoms with van der Waals surface area (Å²) in [6.07, 6.45) is -0.305. The second-order valence-electron chi connectivity index (χ2n) is 5.70. The fourth-order valence-electron chi connectivity index (χ4n) is 2.33. The number of anilines is 1. The van der Waals surface area contributed by atoms with E-state index in [-0.39, 0.29) is 25.3 Å². The van der Waals surface area contributed by atoms with Crippen LogP contribution in [0.5, 0.6) is 0 Å². The Balaban J connectivity index is 1.94. The topological polar surface area (TPSA) is 70.6 Å². The summed E-state index contributed by atoms with van der Waals surface area (Å²) in [4.78, 5) is 12.1. The van der Waals surface area contributed by atoms with E-state index in [1.54, 1.807) is 0 Å². The highest BCUT2D eigenvalue weighted by Crippen LogP contribution is 2.17. The Labute approximate surface area is 142 Å². The lowest BCUT2D eigenvalue weighted by Crippen LogP contribution is -2.33. The molecule has 0 aliphatic heterocycles. The molecule has 0 spiro atoms. The number of ether oxygens (including phenoxy) is 1. The Bertz CT molecular complexity index is 656. The predicted octanol–water partition coefficient (Wildman–Crippen LogP) is 3.18. The lowest BCUT2D eigenvalue weighted by atomic mass is 10.1. The number of urea groups is 1. The van der Waals surface area contributed by atoms with E-state index in [0.717, 1.165) is 22.4 Å². The summed E-state index contributed by atoms with van der Waals surface area (Å²) < 4.78 is 5.64. The number of hydrogen-bond donors (Lipinski definition) is 3. The minimum Gasteiger partial charge on any atom is -0.394 e. The average molecular weight is 328 g/mol. The van der Waals surface area contributed by atoms with Gasteiger partial charge in [0, 0.05) is 12.2 Å². The van der Waals surface area contributed by atoms with Crippen molar-refractivity contribution >= 4 is 11.7 Å². The van der Waals surface area contributed by atoms with E-state index in [4.69, 9.17) is 9.84 Å². The molecule has 0 radical (unpaired) electrons. The van der Waals surface area contributed by atoms with Gasteiger partial charge in [-0.1, -0.05) is 42.0 Å². The average Bonchev–Trinajstić information content (AvgIpc) is 2.56. The minimum absolute atomic E-state index is 0.0577. The lowest BCUT2D eigenvalue weighted by molar-refractivity contribution is 0.0297. The van der Waals surface area contributed by atoms with Crippen LogP contribution in [-0.2, 0) is 4.74 Å². The number of aryl methyl sites for hydroxylation is 2. The zero-order chi connectivity index (χ0) is 17.4. The Morgan fingerprint density at radius 3 is 2.54 bits per heavy atom. The van der Waals surface area contributed by atoms with Gasteiger partial charge in [-0.3, -0.25) is 0 Å². The molecule has 5 heteroatoms. The van der Waals surface area contributed by atoms with Crippen LogP contribution in [0.2, 0.25) is 0 Å². The molecule has 2 aromatic carbocycles. The van der Waals surface area contributed by atoms with Crippen molar-refractivity contribution in [1.82, 2.24) is 5.32 Å². The van der Waals surface area contributed by atoms with E-state index >= 15 is 0 Å². The zero-order valence-electron chi connectivity index (χ0n) is 14.1. The Morgan fingerprint density at radius 1 is 1.12 bits per heavy atom. The molecule has 0 saturated heterocycles. The number of rotatable bonds is 7. The quantitative estimate of drug-likeness (QED) is 0.731. The van der Waals surface area contributed by atoms with Crippen molar-refractivity contribution < 1.29 is 14.6 Å². The Hall–Kier alpha value is -2.37. The maximum atomic E-state index is 12.1. The fraction of sp³-hybridized carbons (Fsp3) is 0.316. The third-order valence-electron chi connectivity index (χ3n) is 3.58. The van der Waals surface area contributed by atoms with Crippen LogP contribution in [0.1, 0.15) is 22.8 Å². The zero-order valence-corrected chi connectivity index (χ0v) is 14.1. The van der Waals surface area contributed by atoms with Crippen molar-refractivity contribution in [3.05, 3.63) is 65.2 Å². The third-order valence-corrected chi connectivity index (χ3v) is 3.58. The van der Waals surface area contributed by atoms with Crippen LogP contribution in [0.25, 0.3) is 0 Å². The second-order valence-corrected chi connectivity index (χ2v) is 5.70. The van der Waals surface area contributed by atoms with Gasteiger partial charge >= 0.3 is 6.03 Å². The molecule has 0 aromatic heterocycles. The standard InChI is InChI=1S/C19H24N2O3/c1-14-6-8-16(9-7-14)18(24-11-10-22)13-20-19(23)21-17-5-3-4-15(2)12-17/h3-9,12,18,22H,10-11,13H2,1-2H3,(H2,20,21,23)/t18-/m0/s1. The van der Waals surface area contributed by atoms with Crippen LogP contribution in [0.4, 0.5) is 10.5 Å². The molecule has 5 nitrogen and oxygen atoms in total. The molecule has 1 atom stereocenters. The van der Waals surface area contributed by atoms with Gasteiger partial charge < -0.3 is 20.5 Å². The third kappa shape index (κ3) is 5.68. The van der Waals surface area contributed by atoms with Gasteiger partial charge in [0.15, 0.2) is 0 Å². The summed E-state index contributed by atoms with van der Waals surface area (Å²) in [5.41, 5.74) is 3.95. The maximum absolute atomic E-state index is 12.1. The molecule has 0 aliphatic carbocycles. The van der Waals surface area contributed by atoms with Crippen molar-refractivity contribution in [1.29, 1.82) is 0 Å². The summed E-state index contributed by atoms with van der Waals surface area (Å²) in [6.45, 7) is 4.47. The largest absolute Gasteiger partial charge is 0.394 e. The molecule has 24 heavy (non-hydrogen) atoms. The van der Waals surface area contributed by atoms with Crippen molar-refractivity contribution in [2.24, 2.45) is 0 Å². The minimum atomic E-state index is -0.305. The smallest absolute Gasteiger partial charge is 0.319 e.